The summed E-state index contributed by atoms with van der Waals surface area (Å²) in [6, 6.07) is 9.89. The summed E-state index contributed by atoms with van der Waals surface area (Å²) >= 11 is 2.21. The predicted octanol–water partition coefficient (Wildman–Crippen LogP) is 5.84. The van der Waals surface area contributed by atoms with Gasteiger partial charge >= 0.3 is 0 Å². The van der Waals surface area contributed by atoms with Crippen molar-refractivity contribution < 1.29 is 27.9 Å². The van der Waals surface area contributed by atoms with Crippen LogP contribution in [0.4, 0.5) is 8.78 Å². The zero-order valence-corrected chi connectivity index (χ0v) is 24.6. The number of ether oxygens (including phenoxy) is 2. The fourth-order valence-electron chi connectivity index (χ4n) is 3.71. The van der Waals surface area contributed by atoms with Crippen LogP contribution in [-0.4, -0.2) is 55.2 Å². The van der Waals surface area contributed by atoms with E-state index in [-0.39, 0.29) is 24.1 Å². The molecule has 0 aliphatic carbocycles. The molecule has 4 rings (SSSR count). The molecule has 10 heteroatoms. The van der Waals surface area contributed by atoms with E-state index in [1.54, 1.807) is 12.1 Å². The molecule has 4 atom stereocenters. The first-order valence-electron chi connectivity index (χ1n) is 12.0. The lowest BCUT2D eigenvalue weighted by atomic mass is 10.0. The van der Waals surface area contributed by atoms with Gasteiger partial charge in [0.2, 0.25) is 0 Å². The normalized spacial score (nSPS) is 18.8. The SMILES string of the molecule is CC.CC(OPI)C1NC=CN1CC#Cc1ccc(-c2cc(F)c(O[C@H]3CCOC3)c(F)c2)cc1.CO. The molecule has 6 nitrogen and oxygen atoms in total. The van der Waals surface area contributed by atoms with Gasteiger partial charge in [-0.2, -0.15) is 0 Å². The first kappa shape index (κ1) is 31.3. The molecule has 3 unspecified atom stereocenters. The molecule has 0 spiro atoms. The van der Waals surface area contributed by atoms with Crippen LogP contribution in [0.5, 0.6) is 5.75 Å². The van der Waals surface area contributed by atoms with Crippen molar-refractivity contribution in [1.82, 2.24) is 10.2 Å². The number of aliphatic hydroxyl groups is 1. The molecule has 37 heavy (non-hydrogen) atoms. The molecule has 2 N–H and O–H groups in total. The minimum atomic E-state index is -0.719. The van der Waals surface area contributed by atoms with Crippen molar-refractivity contribution in [2.24, 2.45) is 0 Å². The highest BCUT2D eigenvalue weighted by molar-refractivity contribution is 14.2. The Morgan fingerprint density at radius 1 is 1.19 bits per heavy atom. The minimum Gasteiger partial charge on any atom is -0.482 e. The standard InChI is InChI=1S/C24H24F2IN2O3P.C2H6.CH4O/c1-16(32-33-27)24-28-9-11-29(24)10-2-3-17-4-6-18(7-5-17)19-13-21(25)23(22(26)14-19)31-20-8-12-30-15-20;2*1-2/h4-7,9,11,13-14,16,20,24,28,33H,8,10,12,15H2,1H3;1-2H3;2H,1H3/t16?,20-,24?;;/m0../s1. The lowest BCUT2D eigenvalue weighted by molar-refractivity contribution is 0.132. The average molecular weight is 646 g/mol. The molecule has 202 valence electrons. The summed E-state index contributed by atoms with van der Waals surface area (Å²) in [5, 5.41) is 10.3. The maximum atomic E-state index is 14.5. The van der Waals surface area contributed by atoms with E-state index in [0.29, 0.717) is 43.8 Å². The van der Waals surface area contributed by atoms with Crippen LogP contribution in [0, 0.1) is 23.5 Å². The second-order valence-corrected chi connectivity index (χ2v) is 9.46. The third kappa shape index (κ3) is 9.08. The Bertz CT molecular complexity index is 1030. The summed E-state index contributed by atoms with van der Waals surface area (Å²) in [4.78, 5) is 2.09. The molecular formula is C27H34F2IN2O4P. The van der Waals surface area contributed by atoms with Gasteiger partial charge in [0.1, 0.15) is 12.3 Å². The number of benzene rings is 2. The molecule has 1 fully saturated rings. The van der Waals surface area contributed by atoms with E-state index in [2.05, 4.69) is 44.1 Å². The third-order valence-corrected chi connectivity index (χ3v) is 6.67. The van der Waals surface area contributed by atoms with Crippen molar-refractivity contribution in [2.45, 2.75) is 45.6 Å². The molecule has 2 aliphatic rings. The van der Waals surface area contributed by atoms with Gasteiger partial charge in [-0.15, -0.1) is 0 Å². The predicted molar refractivity (Wildman–Crippen MR) is 154 cm³/mol. The van der Waals surface area contributed by atoms with Gasteiger partial charge in [-0.25, -0.2) is 8.78 Å². The number of nitrogens with zero attached hydrogens (tertiary/aromatic N) is 1. The summed E-state index contributed by atoms with van der Waals surface area (Å²) < 4.78 is 45.4. The molecular weight excluding hydrogens is 612 g/mol. The Labute approximate surface area is 233 Å². The lowest BCUT2D eigenvalue weighted by Gasteiger charge is -2.28. The second kappa shape index (κ2) is 16.8. The van der Waals surface area contributed by atoms with Crippen molar-refractivity contribution in [3.05, 3.63) is 66.0 Å². The number of hydrogen-bond acceptors (Lipinski definition) is 6. The number of rotatable bonds is 7. The Kier molecular flexibility index (Phi) is 14.2. The van der Waals surface area contributed by atoms with Gasteiger partial charge in [0.05, 0.1) is 32.3 Å². The highest BCUT2D eigenvalue weighted by atomic mass is 127. The van der Waals surface area contributed by atoms with Gasteiger partial charge in [0.15, 0.2) is 17.4 Å². The van der Waals surface area contributed by atoms with Crippen molar-refractivity contribution in [2.75, 3.05) is 26.9 Å². The fourth-order valence-corrected chi connectivity index (χ4v) is 5.18. The van der Waals surface area contributed by atoms with E-state index < -0.39 is 11.6 Å². The highest BCUT2D eigenvalue weighted by Gasteiger charge is 2.25. The van der Waals surface area contributed by atoms with Crippen LogP contribution in [-0.2, 0) is 9.26 Å². The van der Waals surface area contributed by atoms with E-state index in [4.69, 9.17) is 19.1 Å². The molecule has 0 amide bonds. The minimum absolute atomic E-state index is 0.0420. The summed E-state index contributed by atoms with van der Waals surface area (Å²) in [6.45, 7) is 7.87. The number of hydrogen-bond donors (Lipinski definition) is 2. The maximum absolute atomic E-state index is 14.5. The Balaban J connectivity index is 0.00000115. The van der Waals surface area contributed by atoms with Gasteiger partial charge < -0.3 is 29.3 Å². The first-order valence-corrected chi connectivity index (χ1v) is 16.0. The van der Waals surface area contributed by atoms with Crippen molar-refractivity contribution >= 4 is 28.5 Å². The topological polar surface area (TPSA) is 63.2 Å². The molecule has 2 aromatic rings. The zero-order valence-electron chi connectivity index (χ0n) is 21.4. The van der Waals surface area contributed by atoms with Crippen LogP contribution < -0.4 is 10.1 Å². The zero-order chi connectivity index (χ0) is 27.2. The third-order valence-electron chi connectivity index (χ3n) is 5.45. The Morgan fingerprint density at radius 3 is 2.46 bits per heavy atom. The van der Waals surface area contributed by atoms with Crippen LogP contribution in [0.3, 0.4) is 0 Å². The molecule has 0 saturated carbocycles. The molecule has 0 aromatic heterocycles. The average Bonchev–Trinajstić information content (AvgIpc) is 3.61. The summed E-state index contributed by atoms with van der Waals surface area (Å²) in [6.07, 6.45) is 4.27. The van der Waals surface area contributed by atoms with Crippen LogP contribution in [0.2, 0.25) is 0 Å². The summed E-state index contributed by atoms with van der Waals surface area (Å²) in [7, 11) is 1.00. The number of aliphatic hydroxyl groups excluding tert-OH is 1. The van der Waals surface area contributed by atoms with Crippen LogP contribution in [0.25, 0.3) is 11.1 Å². The van der Waals surface area contributed by atoms with Gasteiger partial charge in [0, 0.05) is 31.5 Å². The molecule has 2 aromatic carbocycles. The van der Waals surface area contributed by atoms with Crippen molar-refractivity contribution in [1.29, 1.82) is 0 Å². The maximum Gasteiger partial charge on any atom is 0.191 e. The molecule has 2 heterocycles. The quantitative estimate of drug-likeness (QED) is 0.224. The molecule has 1 saturated heterocycles. The van der Waals surface area contributed by atoms with Gasteiger partial charge in [-0.05, 0) is 64.4 Å². The Hall–Kier alpha value is -1.96. The molecule has 0 radical (unpaired) electrons. The van der Waals surface area contributed by atoms with Gasteiger partial charge in [-0.1, -0.05) is 37.8 Å². The molecule has 0 bridgehead atoms. The first-order chi connectivity index (χ1) is 18.0. The lowest BCUT2D eigenvalue weighted by Crippen LogP contribution is -2.44. The van der Waals surface area contributed by atoms with E-state index in [9.17, 15) is 8.78 Å². The highest BCUT2D eigenvalue weighted by Crippen LogP contribution is 2.31. The van der Waals surface area contributed by atoms with Crippen LogP contribution >= 0.6 is 28.5 Å². The Morgan fingerprint density at radius 2 is 1.86 bits per heavy atom. The van der Waals surface area contributed by atoms with Gasteiger partial charge in [0.25, 0.3) is 0 Å². The smallest absolute Gasteiger partial charge is 0.191 e. The number of nitrogens with one attached hydrogen (secondary N) is 1. The second-order valence-electron chi connectivity index (χ2n) is 7.75. The van der Waals surface area contributed by atoms with E-state index in [0.717, 1.165) is 12.7 Å². The van der Waals surface area contributed by atoms with E-state index in [1.165, 1.54) is 12.1 Å². The summed E-state index contributed by atoms with van der Waals surface area (Å²) in [5.41, 5.74) is 1.97. The fraction of sp³-hybridized carbons (Fsp3) is 0.407. The van der Waals surface area contributed by atoms with E-state index in [1.807, 2.05) is 45.3 Å². The van der Waals surface area contributed by atoms with Crippen molar-refractivity contribution in [3.8, 4) is 28.7 Å². The van der Waals surface area contributed by atoms with Gasteiger partial charge in [-0.3, -0.25) is 0 Å². The molecule has 2 aliphatic heterocycles. The largest absolute Gasteiger partial charge is 0.482 e. The monoisotopic (exact) mass is 646 g/mol. The van der Waals surface area contributed by atoms with Crippen LogP contribution in [0.15, 0.2) is 48.8 Å². The summed E-state index contributed by atoms with van der Waals surface area (Å²) in [5.74, 6) is 4.53. The number of halogens is 3. The van der Waals surface area contributed by atoms with Crippen LogP contribution in [0.1, 0.15) is 32.8 Å². The van der Waals surface area contributed by atoms with E-state index >= 15 is 0 Å². The van der Waals surface area contributed by atoms with Crippen molar-refractivity contribution in [3.63, 3.8) is 0 Å².